The van der Waals surface area contributed by atoms with Gasteiger partial charge < -0.3 is 5.32 Å². The Balaban J connectivity index is 1.80. The second-order valence-corrected chi connectivity index (χ2v) is 3.72. The Hall–Kier alpha value is -1.96. The highest BCUT2D eigenvalue weighted by atomic mass is 32.1. The predicted octanol–water partition coefficient (Wildman–Crippen LogP) is -0.473. The lowest BCUT2D eigenvalue weighted by atomic mass is 10.4. The van der Waals surface area contributed by atoms with Crippen molar-refractivity contribution < 1.29 is 4.79 Å². The van der Waals surface area contributed by atoms with Crippen molar-refractivity contribution in [1.29, 1.82) is 0 Å². The van der Waals surface area contributed by atoms with Gasteiger partial charge in [-0.1, -0.05) is 0 Å². The van der Waals surface area contributed by atoms with E-state index in [0.717, 1.165) is 0 Å². The minimum absolute atomic E-state index is 0.223. The number of nitrogens with one attached hydrogen (secondary N) is 3. The number of amides is 1. The van der Waals surface area contributed by atoms with Crippen molar-refractivity contribution in [3.8, 4) is 0 Å². The monoisotopic (exact) mass is 239 g/mol. The highest BCUT2D eigenvalue weighted by Gasteiger charge is 2.06. The van der Waals surface area contributed by atoms with Crippen molar-refractivity contribution in [3.63, 3.8) is 0 Å². The SMILES string of the molecule is O=C(NCCc1n[nH]c(=O)[nH]1)c1cscn1. The van der Waals surface area contributed by atoms with Gasteiger partial charge in [-0.25, -0.2) is 14.9 Å². The molecule has 7 nitrogen and oxygen atoms in total. The number of rotatable bonds is 4. The molecule has 0 radical (unpaired) electrons. The van der Waals surface area contributed by atoms with Gasteiger partial charge in [0.15, 0.2) is 0 Å². The average Bonchev–Trinajstić information content (AvgIpc) is 2.89. The third kappa shape index (κ3) is 2.54. The van der Waals surface area contributed by atoms with Crippen molar-refractivity contribution in [2.24, 2.45) is 0 Å². The Labute approximate surface area is 93.9 Å². The van der Waals surface area contributed by atoms with E-state index in [1.165, 1.54) is 11.3 Å². The summed E-state index contributed by atoms with van der Waals surface area (Å²) in [6.45, 7) is 0.400. The standard InChI is InChI=1S/C8H9N5O2S/c14-7(5-3-16-4-10-5)9-2-1-6-11-8(15)13-12-6/h3-4H,1-2H2,(H,9,14)(H2,11,12,13,15). The van der Waals surface area contributed by atoms with Gasteiger partial charge in [0.05, 0.1) is 5.51 Å². The summed E-state index contributed by atoms with van der Waals surface area (Å²) in [4.78, 5) is 28.5. The second-order valence-electron chi connectivity index (χ2n) is 3.00. The van der Waals surface area contributed by atoms with Crippen LogP contribution in [0.1, 0.15) is 16.3 Å². The molecule has 0 aliphatic heterocycles. The van der Waals surface area contributed by atoms with Gasteiger partial charge in [-0.15, -0.1) is 11.3 Å². The van der Waals surface area contributed by atoms with E-state index in [9.17, 15) is 9.59 Å². The molecule has 0 saturated heterocycles. The van der Waals surface area contributed by atoms with E-state index in [1.807, 2.05) is 0 Å². The summed E-state index contributed by atoms with van der Waals surface area (Å²) >= 11 is 1.36. The summed E-state index contributed by atoms with van der Waals surface area (Å²) < 4.78 is 0. The van der Waals surface area contributed by atoms with Crippen molar-refractivity contribution in [2.75, 3.05) is 6.54 Å². The van der Waals surface area contributed by atoms with Crippen LogP contribution in [0.2, 0.25) is 0 Å². The second kappa shape index (κ2) is 4.71. The molecule has 0 atom stereocenters. The molecule has 16 heavy (non-hydrogen) atoms. The minimum atomic E-state index is -0.346. The number of carbonyl (C=O) groups excluding carboxylic acids is 1. The molecule has 0 spiro atoms. The van der Waals surface area contributed by atoms with Gasteiger partial charge >= 0.3 is 5.69 Å². The smallest absolute Gasteiger partial charge is 0.340 e. The number of carbonyl (C=O) groups is 1. The highest BCUT2D eigenvalue weighted by Crippen LogP contribution is 1.99. The Kier molecular flexibility index (Phi) is 3.10. The first-order chi connectivity index (χ1) is 7.75. The van der Waals surface area contributed by atoms with Crippen LogP contribution in [-0.2, 0) is 6.42 Å². The Bertz CT molecular complexity index is 515. The molecule has 0 aliphatic rings. The molecule has 2 aromatic heterocycles. The molecule has 3 N–H and O–H groups in total. The van der Waals surface area contributed by atoms with Crippen molar-refractivity contribution in [1.82, 2.24) is 25.5 Å². The topological polar surface area (TPSA) is 104 Å². The largest absolute Gasteiger partial charge is 0.350 e. The molecule has 8 heteroatoms. The number of nitrogens with zero attached hydrogens (tertiary/aromatic N) is 2. The number of aromatic nitrogens is 4. The quantitative estimate of drug-likeness (QED) is 0.670. The van der Waals surface area contributed by atoms with Gasteiger partial charge in [0.2, 0.25) is 0 Å². The number of hydrogen-bond acceptors (Lipinski definition) is 5. The van der Waals surface area contributed by atoms with E-state index in [0.29, 0.717) is 24.5 Å². The Morgan fingerprint density at radius 2 is 2.44 bits per heavy atom. The molecular formula is C8H9N5O2S. The summed E-state index contributed by atoms with van der Waals surface area (Å²) in [5.74, 6) is 0.294. The summed E-state index contributed by atoms with van der Waals surface area (Å²) in [7, 11) is 0. The maximum atomic E-state index is 11.4. The van der Waals surface area contributed by atoms with Gasteiger partial charge in [0.25, 0.3) is 5.91 Å². The average molecular weight is 239 g/mol. The third-order valence-corrected chi connectivity index (χ3v) is 2.45. The van der Waals surface area contributed by atoms with Crippen molar-refractivity contribution >= 4 is 17.2 Å². The van der Waals surface area contributed by atoms with Crippen LogP contribution in [0.5, 0.6) is 0 Å². The number of aromatic amines is 2. The minimum Gasteiger partial charge on any atom is -0.350 e. The zero-order valence-electron chi connectivity index (χ0n) is 8.19. The molecule has 2 aromatic rings. The van der Waals surface area contributed by atoms with Crippen LogP contribution < -0.4 is 11.0 Å². The fourth-order valence-electron chi connectivity index (χ4n) is 1.13. The lowest BCUT2D eigenvalue weighted by molar-refractivity contribution is 0.0949. The van der Waals surface area contributed by atoms with Crippen LogP contribution in [-0.4, -0.2) is 32.6 Å². The predicted molar refractivity (Wildman–Crippen MR) is 57.4 cm³/mol. The molecular weight excluding hydrogens is 230 g/mol. The Morgan fingerprint density at radius 3 is 3.06 bits per heavy atom. The molecule has 2 rings (SSSR count). The summed E-state index contributed by atoms with van der Waals surface area (Å²) in [5.41, 5.74) is 1.65. The Morgan fingerprint density at radius 1 is 1.56 bits per heavy atom. The van der Waals surface area contributed by atoms with Gasteiger partial charge in [0.1, 0.15) is 11.5 Å². The first-order valence-electron chi connectivity index (χ1n) is 4.55. The molecule has 0 aromatic carbocycles. The maximum Gasteiger partial charge on any atom is 0.340 e. The van der Waals surface area contributed by atoms with Gasteiger partial charge in [0, 0.05) is 18.3 Å². The van der Waals surface area contributed by atoms with Gasteiger partial charge in [-0.05, 0) is 0 Å². The van der Waals surface area contributed by atoms with E-state index in [1.54, 1.807) is 10.9 Å². The third-order valence-electron chi connectivity index (χ3n) is 1.86. The van der Waals surface area contributed by atoms with Crippen LogP contribution >= 0.6 is 11.3 Å². The zero-order valence-corrected chi connectivity index (χ0v) is 9.00. The van der Waals surface area contributed by atoms with Gasteiger partial charge in [-0.2, -0.15) is 5.10 Å². The number of thiazole rings is 1. The first kappa shape index (κ1) is 10.6. The molecule has 0 saturated carbocycles. The fourth-order valence-corrected chi connectivity index (χ4v) is 1.67. The zero-order chi connectivity index (χ0) is 11.4. The van der Waals surface area contributed by atoms with Crippen LogP contribution in [0.4, 0.5) is 0 Å². The van der Waals surface area contributed by atoms with Crippen LogP contribution in [0.25, 0.3) is 0 Å². The first-order valence-corrected chi connectivity index (χ1v) is 5.50. The fraction of sp³-hybridized carbons (Fsp3) is 0.250. The highest BCUT2D eigenvalue weighted by molar-refractivity contribution is 7.07. The van der Waals surface area contributed by atoms with Crippen molar-refractivity contribution in [3.05, 3.63) is 32.9 Å². The van der Waals surface area contributed by atoms with Crippen LogP contribution in [0.3, 0.4) is 0 Å². The molecule has 0 bridgehead atoms. The van der Waals surface area contributed by atoms with Crippen LogP contribution in [0, 0.1) is 0 Å². The normalized spacial score (nSPS) is 10.2. The summed E-state index contributed by atoms with van der Waals surface area (Å²) in [5, 5.41) is 10.3. The lowest BCUT2D eigenvalue weighted by Gasteiger charge is -2.00. The van der Waals surface area contributed by atoms with Gasteiger partial charge in [-0.3, -0.25) is 9.78 Å². The van der Waals surface area contributed by atoms with E-state index in [-0.39, 0.29) is 11.6 Å². The summed E-state index contributed by atoms with van der Waals surface area (Å²) in [6, 6.07) is 0. The summed E-state index contributed by atoms with van der Waals surface area (Å²) in [6.07, 6.45) is 0.467. The number of H-pyrrole nitrogens is 2. The molecule has 0 aliphatic carbocycles. The lowest BCUT2D eigenvalue weighted by Crippen LogP contribution is -2.26. The van der Waals surface area contributed by atoms with E-state index in [4.69, 9.17) is 0 Å². The molecule has 0 unspecified atom stereocenters. The van der Waals surface area contributed by atoms with E-state index < -0.39 is 0 Å². The molecule has 2 heterocycles. The van der Waals surface area contributed by atoms with Crippen LogP contribution in [0.15, 0.2) is 15.7 Å². The van der Waals surface area contributed by atoms with Crippen molar-refractivity contribution in [2.45, 2.75) is 6.42 Å². The van der Waals surface area contributed by atoms with E-state index >= 15 is 0 Å². The molecule has 1 amide bonds. The number of hydrogen-bond donors (Lipinski definition) is 3. The molecule has 0 fully saturated rings. The molecule has 84 valence electrons. The van der Waals surface area contributed by atoms with E-state index in [2.05, 4.69) is 25.5 Å². The maximum absolute atomic E-state index is 11.4.